The van der Waals surface area contributed by atoms with Crippen LogP contribution in [-0.4, -0.2) is 37.2 Å². The molecule has 0 rings (SSSR count). The lowest BCUT2D eigenvalue weighted by Gasteiger charge is -2.18. The van der Waals surface area contributed by atoms with Crippen LogP contribution in [0, 0.1) is 0 Å². The number of hydrogen-bond donors (Lipinski definition) is 0. The highest BCUT2D eigenvalue weighted by atomic mass is 16.6. The summed E-state index contributed by atoms with van der Waals surface area (Å²) in [7, 11) is 0. The van der Waals surface area contributed by atoms with Crippen LogP contribution in [0.3, 0.4) is 0 Å². The highest BCUT2D eigenvalue weighted by Crippen LogP contribution is 2.14. The summed E-state index contributed by atoms with van der Waals surface area (Å²) < 4.78 is 16.7. The number of allylic oxidation sites excluding steroid dienone is 15. The van der Waals surface area contributed by atoms with Gasteiger partial charge in [0.25, 0.3) is 0 Å². The maximum Gasteiger partial charge on any atom is 0.310 e. The average Bonchev–Trinajstić information content (AvgIpc) is 3.31. The fourth-order valence-electron chi connectivity index (χ4n) is 7.25. The maximum absolute atomic E-state index is 12.8. The molecule has 0 aromatic heterocycles. The Hall–Kier alpha value is -3.67. The smallest absolute Gasteiger partial charge is 0.310 e. The van der Waals surface area contributed by atoms with Crippen molar-refractivity contribution >= 4 is 17.9 Å². The number of carbonyl (C=O) groups is 3. The molecule has 66 heavy (non-hydrogen) atoms. The lowest BCUT2D eigenvalue weighted by molar-refractivity contribution is -0.166. The Morgan fingerprint density at radius 2 is 0.636 bits per heavy atom. The van der Waals surface area contributed by atoms with Crippen molar-refractivity contribution in [2.75, 3.05) is 13.2 Å². The van der Waals surface area contributed by atoms with Gasteiger partial charge in [0.15, 0.2) is 6.10 Å². The minimum absolute atomic E-state index is 0.0927. The van der Waals surface area contributed by atoms with Gasteiger partial charge in [-0.3, -0.25) is 14.4 Å². The Labute approximate surface area is 407 Å². The van der Waals surface area contributed by atoms with Gasteiger partial charge < -0.3 is 14.2 Å². The van der Waals surface area contributed by atoms with Gasteiger partial charge in [-0.2, -0.15) is 0 Å². The average molecular weight is 917 g/mol. The molecule has 0 aliphatic carbocycles. The van der Waals surface area contributed by atoms with Crippen LogP contribution in [0.4, 0.5) is 0 Å². The number of esters is 3. The summed E-state index contributed by atoms with van der Waals surface area (Å²) >= 11 is 0. The van der Waals surface area contributed by atoms with Gasteiger partial charge in [-0.05, 0) is 103 Å². The molecule has 0 aliphatic rings. The van der Waals surface area contributed by atoms with Gasteiger partial charge in [-0.15, -0.1) is 0 Å². The van der Waals surface area contributed by atoms with Crippen molar-refractivity contribution in [3.05, 3.63) is 97.2 Å². The third-order valence-corrected chi connectivity index (χ3v) is 11.3. The first kappa shape index (κ1) is 62.3. The minimum Gasteiger partial charge on any atom is -0.462 e. The van der Waals surface area contributed by atoms with Crippen molar-refractivity contribution in [3.63, 3.8) is 0 Å². The quantitative estimate of drug-likeness (QED) is 0.0262. The summed E-state index contributed by atoms with van der Waals surface area (Å²) in [6.07, 6.45) is 71.3. The predicted molar refractivity (Wildman–Crippen MR) is 284 cm³/mol. The maximum atomic E-state index is 12.8. The van der Waals surface area contributed by atoms with Crippen LogP contribution in [0.15, 0.2) is 97.2 Å². The van der Waals surface area contributed by atoms with Crippen molar-refractivity contribution in [1.29, 1.82) is 0 Å². The Morgan fingerprint density at radius 3 is 1.05 bits per heavy atom. The highest BCUT2D eigenvalue weighted by molar-refractivity contribution is 5.72. The number of rotatable bonds is 48. The van der Waals surface area contributed by atoms with Gasteiger partial charge in [-0.25, -0.2) is 0 Å². The Bertz CT molecular complexity index is 1330. The first-order valence-corrected chi connectivity index (χ1v) is 27.2. The van der Waals surface area contributed by atoms with Crippen LogP contribution in [0.2, 0.25) is 0 Å². The molecule has 0 radical (unpaired) electrons. The molecule has 0 bridgehead atoms. The third kappa shape index (κ3) is 51.3. The highest BCUT2D eigenvalue weighted by Gasteiger charge is 2.19. The SMILES string of the molecule is CC/C=C\C/C=C\C/C=C\C/C=C\C/C=C\CC(=O)OC(COC(=O)CCCCCCC/C=C\CCCCCCC)COC(=O)CCCCCCCCCCC/C=C\C/C=C\CCCCC. The fourth-order valence-corrected chi connectivity index (χ4v) is 7.25. The zero-order chi connectivity index (χ0) is 47.9. The van der Waals surface area contributed by atoms with Crippen molar-refractivity contribution in [3.8, 4) is 0 Å². The Balaban J connectivity index is 4.49. The van der Waals surface area contributed by atoms with Crippen LogP contribution in [-0.2, 0) is 28.6 Å². The van der Waals surface area contributed by atoms with E-state index in [1.54, 1.807) is 6.08 Å². The van der Waals surface area contributed by atoms with E-state index >= 15 is 0 Å². The summed E-state index contributed by atoms with van der Waals surface area (Å²) in [6.45, 7) is 6.40. The van der Waals surface area contributed by atoms with Crippen molar-refractivity contribution < 1.29 is 28.6 Å². The van der Waals surface area contributed by atoms with Crippen LogP contribution in [0.25, 0.3) is 0 Å². The van der Waals surface area contributed by atoms with Gasteiger partial charge in [0.1, 0.15) is 13.2 Å². The molecule has 0 spiro atoms. The molecule has 1 unspecified atom stereocenters. The lowest BCUT2D eigenvalue weighted by atomic mass is 10.1. The normalized spacial score (nSPS) is 12.8. The number of unbranched alkanes of at least 4 members (excludes halogenated alkanes) is 22. The van der Waals surface area contributed by atoms with E-state index in [1.807, 2.05) is 6.08 Å². The monoisotopic (exact) mass is 917 g/mol. The minimum atomic E-state index is -0.837. The topological polar surface area (TPSA) is 78.9 Å². The van der Waals surface area contributed by atoms with Crippen LogP contribution in [0.5, 0.6) is 0 Å². The molecule has 0 heterocycles. The molecular weight excluding hydrogens is 817 g/mol. The first-order chi connectivity index (χ1) is 32.5. The van der Waals surface area contributed by atoms with Crippen molar-refractivity contribution in [2.24, 2.45) is 0 Å². The molecule has 376 valence electrons. The van der Waals surface area contributed by atoms with E-state index in [9.17, 15) is 14.4 Å². The Kier molecular flexibility index (Phi) is 50.9. The van der Waals surface area contributed by atoms with Crippen LogP contribution >= 0.6 is 0 Å². The Morgan fingerprint density at radius 1 is 0.333 bits per heavy atom. The molecular formula is C60H100O6. The number of carbonyl (C=O) groups excluding carboxylic acids is 3. The second-order valence-electron chi connectivity index (χ2n) is 17.8. The summed E-state index contributed by atoms with van der Waals surface area (Å²) in [5.41, 5.74) is 0. The second-order valence-corrected chi connectivity index (χ2v) is 17.8. The van der Waals surface area contributed by atoms with Crippen molar-refractivity contribution in [1.82, 2.24) is 0 Å². The zero-order valence-electron chi connectivity index (χ0n) is 42.9. The fraction of sp³-hybridized carbons (Fsp3) is 0.683. The molecule has 0 aliphatic heterocycles. The van der Waals surface area contributed by atoms with E-state index in [-0.39, 0.29) is 31.6 Å². The van der Waals surface area contributed by atoms with E-state index in [0.717, 1.165) is 89.9 Å². The summed E-state index contributed by atoms with van der Waals surface area (Å²) in [4.78, 5) is 38.0. The first-order valence-electron chi connectivity index (χ1n) is 27.2. The second kappa shape index (κ2) is 53.9. The standard InChI is InChI=1S/C60H100O6/c1-4-7-10-13-16-19-22-25-28-29-30-31-33-35-38-41-44-47-50-53-59(62)65-56-57(55-64-58(61)52-49-46-43-40-37-34-27-24-21-18-15-12-9-6-3)66-60(63)54-51-48-45-42-39-36-32-26-23-20-17-14-11-8-5-2/h8,11,16-17,19-20,24-28,32,39,42,48,51,57H,4-7,9-10,12-15,18,21-23,29-31,33-38,40-41,43-47,49-50,52-56H2,1-3H3/b11-8-,19-16-,20-17-,27-24-,28-25-,32-26-,42-39-,51-48-. The molecule has 0 aromatic rings. The third-order valence-electron chi connectivity index (χ3n) is 11.3. The van der Waals surface area contributed by atoms with E-state index in [4.69, 9.17) is 14.2 Å². The van der Waals surface area contributed by atoms with Gasteiger partial charge >= 0.3 is 17.9 Å². The molecule has 0 saturated carbocycles. The van der Waals surface area contributed by atoms with E-state index in [2.05, 4.69) is 106 Å². The number of ether oxygens (including phenoxy) is 3. The summed E-state index contributed by atoms with van der Waals surface area (Å²) in [5, 5.41) is 0. The molecule has 0 amide bonds. The molecule has 0 fully saturated rings. The van der Waals surface area contributed by atoms with E-state index in [1.165, 1.54) is 116 Å². The summed E-state index contributed by atoms with van der Waals surface area (Å²) in [6, 6.07) is 0. The molecule has 0 saturated heterocycles. The van der Waals surface area contributed by atoms with E-state index < -0.39 is 12.1 Å². The number of hydrogen-bond acceptors (Lipinski definition) is 6. The molecule has 6 nitrogen and oxygen atoms in total. The van der Waals surface area contributed by atoms with Gasteiger partial charge in [0.05, 0.1) is 6.42 Å². The van der Waals surface area contributed by atoms with Crippen LogP contribution < -0.4 is 0 Å². The lowest BCUT2D eigenvalue weighted by Crippen LogP contribution is -2.30. The largest absolute Gasteiger partial charge is 0.462 e. The molecule has 1 atom stereocenters. The van der Waals surface area contributed by atoms with Gasteiger partial charge in [0.2, 0.25) is 0 Å². The van der Waals surface area contributed by atoms with Crippen LogP contribution in [0.1, 0.15) is 245 Å². The summed E-state index contributed by atoms with van der Waals surface area (Å²) in [5.74, 6) is -1.06. The van der Waals surface area contributed by atoms with Gasteiger partial charge in [-0.1, -0.05) is 221 Å². The van der Waals surface area contributed by atoms with E-state index in [0.29, 0.717) is 12.8 Å². The molecule has 0 aromatic carbocycles. The molecule has 0 N–H and O–H groups in total. The van der Waals surface area contributed by atoms with Gasteiger partial charge in [0, 0.05) is 12.8 Å². The zero-order valence-corrected chi connectivity index (χ0v) is 42.9. The van der Waals surface area contributed by atoms with Crippen molar-refractivity contribution in [2.45, 2.75) is 252 Å². The predicted octanol–water partition coefficient (Wildman–Crippen LogP) is 18.1. The molecule has 6 heteroatoms.